The maximum Gasteiger partial charge on any atom is 0.339 e. The minimum absolute atomic E-state index is 0.00467. The van der Waals surface area contributed by atoms with Crippen molar-refractivity contribution < 1.29 is 19.4 Å². The van der Waals surface area contributed by atoms with E-state index in [2.05, 4.69) is 15.3 Å². The van der Waals surface area contributed by atoms with E-state index < -0.39 is 0 Å². The predicted molar refractivity (Wildman–Crippen MR) is 79.8 cm³/mol. The molecule has 2 aromatic rings. The third kappa shape index (κ3) is 3.87. The smallest absolute Gasteiger partial charge is 0.339 e. The van der Waals surface area contributed by atoms with E-state index in [0.717, 1.165) is 4.83 Å². The van der Waals surface area contributed by atoms with Crippen molar-refractivity contribution in [1.82, 2.24) is 9.97 Å². The van der Waals surface area contributed by atoms with E-state index in [1.165, 1.54) is 17.7 Å². The number of hydrogen-bond donors (Lipinski definition) is 2. The highest BCUT2D eigenvalue weighted by Crippen LogP contribution is 2.29. The molecule has 0 aliphatic carbocycles. The third-order valence-corrected chi connectivity index (χ3v) is 3.53. The molecule has 0 aliphatic heterocycles. The van der Waals surface area contributed by atoms with Crippen LogP contribution in [-0.4, -0.2) is 54.0 Å². The highest BCUT2D eigenvalue weighted by atomic mass is 32.1. The van der Waals surface area contributed by atoms with Gasteiger partial charge in [0.2, 0.25) is 0 Å². The first-order valence-corrected chi connectivity index (χ1v) is 7.47. The average Bonchev–Trinajstić information content (AvgIpc) is 2.92. The Bertz CT molecular complexity index is 602. The van der Waals surface area contributed by atoms with E-state index in [0.29, 0.717) is 43.1 Å². The number of nitrogens with one attached hydrogen (secondary N) is 1. The lowest BCUT2D eigenvalue weighted by molar-refractivity contribution is 0.0529. The lowest BCUT2D eigenvalue weighted by atomic mass is 10.2. The van der Waals surface area contributed by atoms with Crippen LogP contribution in [0.5, 0.6) is 0 Å². The average molecular weight is 311 g/mol. The Balaban J connectivity index is 2.15. The summed E-state index contributed by atoms with van der Waals surface area (Å²) in [5.41, 5.74) is 0.469. The Morgan fingerprint density at radius 1 is 1.43 bits per heavy atom. The number of aliphatic hydroxyl groups excluding tert-OH is 1. The molecule has 0 fully saturated rings. The summed E-state index contributed by atoms with van der Waals surface area (Å²) in [6, 6.07) is 0. The number of hydrogen-bond acceptors (Lipinski definition) is 8. The van der Waals surface area contributed by atoms with Crippen molar-refractivity contribution in [2.45, 2.75) is 6.92 Å². The van der Waals surface area contributed by atoms with Gasteiger partial charge >= 0.3 is 5.97 Å². The number of fused-ring (bicyclic) bond motifs is 1. The maximum absolute atomic E-state index is 11.9. The number of thiophene rings is 1. The Kier molecular flexibility index (Phi) is 5.85. The number of esters is 1. The van der Waals surface area contributed by atoms with Crippen LogP contribution in [0.2, 0.25) is 0 Å². The van der Waals surface area contributed by atoms with Crippen LogP contribution in [0.3, 0.4) is 0 Å². The van der Waals surface area contributed by atoms with Crippen LogP contribution in [0.1, 0.15) is 17.3 Å². The first-order valence-electron chi connectivity index (χ1n) is 6.59. The normalized spacial score (nSPS) is 10.8. The lowest BCUT2D eigenvalue weighted by Crippen LogP contribution is -2.13. The van der Waals surface area contributed by atoms with Crippen LogP contribution in [0, 0.1) is 0 Å². The van der Waals surface area contributed by atoms with Crippen molar-refractivity contribution in [2.24, 2.45) is 0 Å². The summed E-state index contributed by atoms with van der Waals surface area (Å²) in [5.74, 6) is 0.204. The van der Waals surface area contributed by atoms with Crippen molar-refractivity contribution >= 4 is 33.3 Å². The quantitative estimate of drug-likeness (QED) is 0.560. The summed E-state index contributed by atoms with van der Waals surface area (Å²) < 4.78 is 10.2. The predicted octanol–water partition coefficient (Wildman–Crippen LogP) is 1.29. The van der Waals surface area contributed by atoms with Crippen LogP contribution in [0.25, 0.3) is 10.2 Å². The summed E-state index contributed by atoms with van der Waals surface area (Å²) in [7, 11) is 0. The summed E-state index contributed by atoms with van der Waals surface area (Å²) in [4.78, 5) is 21.0. The van der Waals surface area contributed by atoms with E-state index in [1.54, 1.807) is 12.3 Å². The molecule has 2 heterocycles. The standard InChI is InChI=1S/C13H17N3O4S/c1-2-20-13(18)9-7-21-12-10(9)11(15-8-16-12)14-3-5-19-6-4-17/h7-8,17H,2-6H2,1H3,(H,14,15,16). The summed E-state index contributed by atoms with van der Waals surface area (Å²) in [5, 5.41) is 14.1. The molecule has 114 valence electrons. The number of carbonyl (C=O) groups excluding carboxylic acids is 1. The number of rotatable bonds is 8. The van der Waals surface area contributed by atoms with Gasteiger partial charge in [0, 0.05) is 11.9 Å². The molecule has 0 aromatic carbocycles. The van der Waals surface area contributed by atoms with Crippen LogP contribution in [0.15, 0.2) is 11.7 Å². The minimum Gasteiger partial charge on any atom is -0.462 e. The second-order valence-electron chi connectivity index (χ2n) is 4.04. The fraction of sp³-hybridized carbons (Fsp3) is 0.462. The highest BCUT2D eigenvalue weighted by Gasteiger charge is 2.17. The van der Waals surface area contributed by atoms with Gasteiger partial charge < -0.3 is 19.9 Å². The SMILES string of the molecule is CCOC(=O)c1csc2ncnc(NCCOCCO)c12. The monoisotopic (exact) mass is 311 g/mol. The molecule has 2 rings (SSSR count). The maximum atomic E-state index is 11.9. The lowest BCUT2D eigenvalue weighted by Gasteiger charge is -2.08. The van der Waals surface area contributed by atoms with Crippen molar-refractivity contribution in [2.75, 3.05) is 38.3 Å². The van der Waals surface area contributed by atoms with Crippen LogP contribution in [0.4, 0.5) is 5.82 Å². The first-order chi connectivity index (χ1) is 10.3. The third-order valence-electron chi connectivity index (χ3n) is 2.64. The second-order valence-corrected chi connectivity index (χ2v) is 4.89. The summed E-state index contributed by atoms with van der Waals surface area (Å²) in [6.07, 6.45) is 1.45. The Hall–Kier alpha value is -1.77. The molecule has 0 bridgehead atoms. The summed E-state index contributed by atoms with van der Waals surface area (Å²) >= 11 is 1.37. The van der Waals surface area contributed by atoms with Gasteiger partial charge in [-0.25, -0.2) is 14.8 Å². The molecule has 21 heavy (non-hydrogen) atoms. The van der Waals surface area contributed by atoms with Gasteiger partial charge in [-0.2, -0.15) is 0 Å². The Labute approximate surface area is 125 Å². The van der Waals surface area contributed by atoms with Gasteiger partial charge in [-0.1, -0.05) is 0 Å². The molecular weight excluding hydrogens is 294 g/mol. The summed E-state index contributed by atoms with van der Waals surface area (Å²) in [6.45, 7) is 3.33. The molecule has 0 radical (unpaired) electrons. The molecular formula is C13H17N3O4S. The van der Waals surface area contributed by atoms with Crippen molar-refractivity contribution in [3.8, 4) is 0 Å². The zero-order valence-corrected chi connectivity index (χ0v) is 12.5. The van der Waals surface area contributed by atoms with Gasteiger partial charge in [0.25, 0.3) is 0 Å². The molecule has 0 atom stereocenters. The molecule has 0 aliphatic rings. The van der Waals surface area contributed by atoms with Crippen LogP contribution < -0.4 is 5.32 Å². The van der Waals surface area contributed by atoms with E-state index in [1.807, 2.05) is 0 Å². The number of nitrogens with zero attached hydrogens (tertiary/aromatic N) is 2. The Morgan fingerprint density at radius 2 is 2.29 bits per heavy atom. The minimum atomic E-state index is -0.377. The zero-order valence-electron chi connectivity index (χ0n) is 11.7. The van der Waals surface area contributed by atoms with E-state index in [4.69, 9.17) is 14.6 Å². The topological polar surface area (TPSA) is 93.6 Å². The number of ether oxygens (including phenoxy) is 2. The number of anilines is 1. The second kappa shape index (κ2) is 7.87. The number of aliphatic hydroxyl groups is 1. The molecule has 8 heteroatoms. The fourth-order valence-corrected chi connectivity index (χ4v) is 2.65. The molecule has 2 aromatic heterocycles. The van der Waals surface area contributed by atoms with E-state index in [9.17, 15) is 4.79 Å². The first kappa shape index (κ1) is 15.6. The zero-order chi connectivity index (χ0) is 15.1. The van der Waals surface area contributed by atoms with Gasteiger partial charge in [0.05, 0.1) is 37.4 Å². The Morgan fingerprint density at radius 3 is 3.05 bits per heavy atom. The molecule has 0 saturated carbocycles. The molecule has 7 nitrogen and oxygen atoms in total. The highest BCUT2D eigenvalue weighted by molar-refractivity contribution is 7.17. The van der Waals surface area contributed by atoms with Gasteiger partial charge in [0.1, 0.15) is 17.0 Å². The molecule has 0 spiro atoms. The molecule has 0 saturated heterocycles. The van der Waals surface area contributed by atoms with E-state index >= 15 is 0 Å². The van der Waals surface area contributed by atoms with Gasteiger partial charge in [-0.3, -0.25) is 0 Å². The van der Waals surface area contributed by atoms with Gasteiger partial charge in [-0.15, -0.1) is 11.3 Å². The molecule has 0 unspecified atom stereocenters. The number of carbonyl (C=O) groups is 1. The largest absolute Gasteiger partial charge is 0.462 e. The van der Waals surface area contributed by atoms with Crippen molar-refractivity contribution in [3.63, 3.8) is 0 Å². The van der Waals surface area contributed by atoms with Gasteiger partial charge in [-0.05, 0) is 6.92 Å². The number of aromatic nitrogens is 2. The van der Waals surface area contributed by atoms with Crippen LogP contribution >= 0.6 is 11.3 Å². The van der Waals surface area contributed by atoms with Crippen LogP contribution in [-0.2, 0) is 9.47 Å². The molecule has 0 amide bonds. The van der Waals surface area contributed by atoms with Crippen molar-refractivity contribution in [1.29, 1.82) is 0 Å². The van der Waals surface area contributed by atoms with Gasteiger partial charge in [0.15, 0.2) is 0 Å². The van der Waals surface area contributed by atoms with E-state index in [-0.39, 0.29) is 12.6 Å². The molecule has 2 N–H and O–H groups in total. The fourth-order valence-electron chi connectivity index (χ4n) is 1.78. The van der Waals surface area contributed by atoms with Crippen molar-refractivity contribution in [3.05, 3.63) is 17.3 Å².